The van der Waals surface area contributed by atoms with E-state index in [1.807, 2.05) is 50.2 Å². The lowest BCUT2D eigenvalue weighted by molar-refractivity contribution is 0.0945. The molecule has 2 aromatic carbocycles. The highest BCUT2D eigenvalue weighted by Crippen LogP contribution is 2.29. The number of aryl methyl sites for hydroxylation is 2. The largest absolute Gasteiger partial charge is 0.384 e. The Kier molecular flexibility index (Phi) is 3.52. The van der Waals surface area contributed by atoms with Crippen molar-refractivity contribution in [2.24, 2.45) is 0 Å². The summed E-state index contributed by atoms with van der Waals surface area (Å²) < 4.78 is 0. The summed E-state index contributed by atoms with van der Waals surface area (Å²) in [4.78, 5) is 11.9. The Bertz CT molecular complexity index is 686. The number of hydrogen-bond donors (Lipinski definition) is 2. The van der Waals surface area contributed by atoms with Crippen LogP contribution in [0.3, 0.4) is 0 Å². The molecular formula is C18H19NO2. The highest BCUT2D eigenvalue weighted by atomic mass is 16.3. The van der Waals surface area contributed by atoms with E-state index in [-0.39, 0.29) is 5.91 Å². The quantitative estimate of drug-likeness (QED) is 0.889. The van der Waals surface area contributed by atoms with Crippen LogP contribution >= 0.6 is 0 Å². The molecule has 0 spiro atoms. The third-order valence-corrected chi connectivity index (χ3v) is 4.19. The van der Waals surface area contributed by atoms with E-state index in [1.54, 1.807) is 0 Å². The monoisotopic (exact) mass is 281 g/mol. The van der Waals surface area contributed by atoms with E-state index in [9.17, 15) is 9.90 Å². The third kappa shape index (κ3) is 2.45. The molecule has 1 aliphatic rings. The first-order valence-electron chi connectivity index (χ1n) is 7.23. The second kappa shape index (κ2) is 5.34. The minimum Gasteiger partial charge on any atom is -0.384 e. The highest BCUT2D eigenvalue weighted by Gasteiger charge is 2.21. The van der Waals surface area contributed by atoms with Crippen molar-refractivity contribution < 1.29 is 9.90 Å². The van der Waals surface area contributed by atoms with Gasteiger partial charge >= 0.3 is 0 Å². The second-order valence-electron chi connectivity index (χ2n) is 5.63. The lowest BCUT2D eigenvalue weighted by atomic mass is 9.90. The Morgan fingerprint density at radius 3 is 2.57 bits per heavy atom. The standard InChI is InChI=1S/C18H19NO2/c1-11-4-3-5-12(2)16(11)17(20)14-7-6-13-8-9-19-18(21)15(13)10-14/h3-7,10,17,20H,8-9H2,1-2H3,(H,19,21). The van der Waals surface area contributed by atoms with Crippen molar-refractivity contribution in [2.75, 3.05) is 6.54 Å². The highest BCUT2D eigenvalue weighted by molar-refractivity contribution is 5.96. The van der Waals surface area contributed by atoms with Crippen molar-refractivity contribution in [2.45, 2.75) is 26.4 Å². The van der Waals surface area contributed by atoms with Crippen LogP contribution < -0.4 is 5.32 Å². The Balaban J connectivity index is 2.05. The molecule has 1 amide bonds. The SMILES string of the molecule is Cc1cccc(C)c1C(O)c1ccc2c(c1)C(=O)NCC2. The maximum atomic E-state index is 11.9. The normalized spacial score (nSPS) is 15.3. The Morgan fingerprint density at radius 1 is 1.14 bits per heavy atom. The molecule has 1 aliphatic heterocycles. The van der Waals surface area contributed by atoms with Crippen LogP contribution in [0.4, 0.5) is 0 Å². The molecule has 1 unspecified atom stereocenters. The molecule has 0 saturated heterocycles. The molecule has 3 heteroatoms. The van der Waals surface area contributed by atoms with Crippen LogP contribution in [0, 0.1) is 13.8 Å². The summed E-state index contributed by atoms with van der Waals surface area (Å²) in [5.74, 6) is -0.0493. The van der Waals surface area contributed by atoms with E-state index < -0.39 is 6.10 Å². The van der Waals surface area contributed by atoms with E-state index in [0.29, 0.717) is 12.1 Å². The first-order chi connectivity index (χ1) is 10.1. The number of hydrogen-bond acceptors (Lipinski definition) is 2. The summed E-state index contributed by atoms with van der Waals surface area (Å²) in [6.07, 6.45) is 0.145. The van der Waals surface area contributed by atoms with E-state index in [2.05, 4.69) is 5.32 Å². The first kappa shape index (κ1) is 13.8. The molecule has 3 rings (SSSR count). The van der Waals surface area contributed by atoms with Crippen molar-refractivity contribution in [3.63, 3.8) is 0 Å². The molecule has 0 bridgehead atoms. The van der Waals surface area contributed by atoms with Gasteiger partial charge in [-0.2, -0.15) is 0 Å². The minimum atomic E-state index is -0.703. The van der Waals surface area contributed by atoms with Gasteiger partial charge in [-0.25, -0.2) is 0 Å². The van der Waals surface area contributed by atoms with Crippen LogP contribution in [0.5, 0.6) is 0 Å². The predicted octanol–water partition coefficient (Wildman–Crippen LogP) is 2.67. The molecule has 1 atom stereocenters. The maximum Gasteiger partial charge on any atom is 0.251 e. The van der Waals surface area contributed by atoms with Crippen LogP contribution in [-0.4, -0.2) is 17.6 Å². The molecule has 0 aromatic heterocycles. The van der Waals surface area contributed by atoms with Crippen molar-refractivity contribution in [1.82, 2.24) is 5.32 Å². The summed E-state index contributed by atoms with van der Waals surface area (Å²) in [5, 5.41) is 13.6. The predicted molar refractivity (Wildman–Crippen MR) is 82.5 cm³/mol. The second-order valence-corrected chi connectivity index (χ2v) is 5.63. The molecular weight excluding hydrogens is 262 g/mol. The summed E-state index contributed by atoms with van der Waals surface area (Å²) in [7, 11) is 0. The van der Waals surface area contributed by atoms with Crippen LogP contribution in [0.25, 0.3) is 0 Å². The molecule has 1 heterocycles. The van der Waals surface area contributed by atoms with Crippen molar-refractivity contribution in [1.29, 1.82) is 0 Å². The number of aliphatic hydroxyl groups is 1. The summed E-state index contributed by atoms with van der Waals surface area (Å²) in [5.41, 5.74) is 5.55. The number of aliphatic hydroxyl groups excluding tert-OH is 1. The van der Waals surface area contributed by atoms with Gasteiger partial charge in [0.25, 0.3) is 5.91 Å². The van der Waals surface area contributed by atoms with Crippen LogP contribution in [-0.2, 0) is 6.42 Å². The van der Waals surface area contributed by atoms with Gasteiger partial charge in [0.2, 0.25) is 0 Å². The molecule has 0 saturated carbocycles. The lowest BCUT2D eigenvalue weighted by Gasteiger charge is -2.21. The lowest BCUT2D eigenvalue weighted by Crippen LogP contribution is -2.31. The van der Waals surface area contributed by atoms with Gasteiger partial charge in [0.1, 0.15) is 6.10 Å². The van der Waals surface area contributed by atoms with Crippen molar-refractivity contribution in [3.05, 3.63) is 69.8 Å². The van der Waals surface area contributed by atoms with E-state index in [4.69, 9.17) is 0 Å². The van der Waals surface area contributed by atoms with Gasteiger partial charge in [-0.3, -0.25) is 4.79 Å². The van der Waals surface area contributed by atoms with E-state index in [0.717, 1.165) is 34.2 Å². The number of amides is 1. The van der Waals surface area contributed by atoms with Gasteiger partial charge in [-0.1, -0.05) is 30.3 Å². The Morgan fingerprint density at radius 2 is 1.86 bits per heavy atom. The molecule has 108 valence electrons. The minimum absolute atomic E-state index is 0.0493. The zero-order valence-corrected chi connectivity index (χ0v) is 12.3. The molecule has 2 N–H and O–H groups in total. The smallest absolute Gasteiger partial charge is 0.251 e. The van der Waals surface area contributed by atoms with Gasteiger partial charge in [-0.05, 0) is 54.2 Å². The molecule has 0 aliphatic carbocycles. The molecule has 0 radical (unpaired) electrons. The number of carbonyl (C=O) groups excluding carboxylic acids is 1. The fraction of sp³-hybridized carbons (Fsp3) is 0.278. The van der Waals surface area contributed by atoms with Crippen LogP contribution in [0.1, 0.15) is 44.3 Å². The number of carbonyl (C=O) groups is 1. The summed E-state index contributed by atoms with van der Waals surface area (Å²) in [6, 6.07) is 11.7. The zero-order valence-electron chi connectivity index (χ0n) is 12.3. The maximum absolute atomic E-state index is 11.9. The Labute approximate surface area is 124 Å². The van der Waals surface area contributed by atoms with Gasteiger partial charge in [-0.15, -0.1) is 0 Å². The number of fused-ring (bicyclic) bond motifs is 1. The molecule has 2 aromatic rings. The van der Waals surface area contributed by atoms with Gasteiger partial charge in [0.05, 0.1) is 0 Å². The number of benzene rings is 2. The van der Waals surface area contributed by atoms with E-state index in [1.165, 1.54) is 0 Å². The fourth-order valence-corrected chi connectivity index (χ4v) is 3.02. The van der Waals surface area contributed by atoms with Crippen molar-refractivity contribution >= 4 is 5.91 Å². The van der Waals surface area contributed by atoms with Gasteiger partial charge < -0.3 is 10.4 Å². The summed E-state index contributed by atoms with van der Waals surface area (Å²) >= 11 is 0. The zero-order chi connectivity index (χ0) is 15.0. The third-order valence-electron chi connectivity index (χ3n) is 4.19. The van der Waals surface area contributed by atoms with Gasteiger partial charge in [0, 0.05) is 12.1 Å². The number of nitrogens with one attached hydrogen (secondary N) is 1. The van der Waals surface area contributed by atoms with Crippen LogP contribution in [0.15, 0.2) is 36.4 Å². The number of rotatable bonds is 2. The van der Waals surface area contributed by atoms with Crippen LogP contribution in [0.2, 0.25) is 0 Å². The fourth-order valence-electron chi connectivity index (χ4n) is 3.02. The summed E-state index contributed by atoms with van der Waals surface area (Å²) in [6.45, 7) is 4.68. The Hall–Kier alpha value is -2.13. The topological polar surface area (TPSA) is 49.3 Å². The molecule has 3 nitrogen and oxygen atoms in total. The average Bonchev–Trinajstić information content (AvgIpc) is 2.47. The van der Waals surface area contributed by atoms with Gasteiger partial charge in [0.15, 0.2) is 0 Å². The van der Waals surface area contributed by atoms with Crippen molar-refractivity contribution in [3.8, 4) is 0 Å². The first-order valence-corrected chi connectivity index (χ1v) is 7.23. The van der Waals surface area contributed by atoms with E-state index >= 15 is 0 Å². The molecule has 21 heavy (non-hydrogen) atoms. The average molecular weight is 281 g/mol. The molecule has 0 fully saturated rings.